The van der Waals surface area contributed by atoms with E-state index in [0.29, 0.717) is 12.8 Å². The highest BCUT2D eigenvalue weighted by Crippen LogP contribution is 2.45. The molecule has 3 rings (SSSR count). The number of piperidine rings is 1. The summed E-state index contributed by atoms with van der Waals surface area (Å²) in [6.45, 7) is 2.15. The number of allylic oxidation sites excluding steroid dienone is 2. The average molecular weight is 245 g/mol. The summed E-state index contributed by atoms with van der Waals surface area (Å²) in [7, 11) is 1.83. The summed E-state index contributed by atoms with van der Waals surface area (Å²) in [5, 5.41) is 0. The number of likely N-dealkylation sites (tertiary alicyclic amines) is 1. The van der Waals surface area contributed by atoms with E-state index in [-0.39, 0.29) is 17.1 Å². The second-order valence-corrected chi connectivity index (χ2v) is 5.38. The Hall–Kier alpha value is -1.64. The SMILES string of the molecule is CN1C(=O)CCC2(C)C1=CCc1cc(F)ccc12. The number of rotatable bonds is 0. The van der Waals surface area contributed by atoms with Crippen molar-refractivity contribution in [1.82, 2.24) is 4.90 Å². The van der Waals surface area contributed by atoms with Crippen LogP contribution >= 0.6 is 0 Å². The minimum atomic E-state index is -0.186. The fourth-order valence-electron chi connectivity index (χ4n) is 3.27. The van der Waals surface area contributed by atoms with Crippen molar-refractivity contribution in [3.63, 3.8) is 0 Å². The van der Waals surface area contributed by atoms with Crippen molar-refractivity contribution in [3.8, 4) is 0 Å². The quantitative estimate of drug-likeness (QED) is 0.688. The summed E-state index contributed by atoms with van der Waals surface area (Å²) in [6.07, 6.45) is 4.14. The van der Waals surface area contributed by atoms with Gasteiger partial charge in [0.1, 0.15) is 5.82 Å². The standard InChI is InChI=1S/C15H16FNO/c1-15-8-7-14(18)17(2)13(15)6-3-10-9-11(16)4-5-12(10)15/h4-6,9H,3,7-8H2,1-2H3. The highest BCUT2D eigenvalue weighted by molar-refractivity contribution is 5.80. The lowest BCUT2D eigenvalue weighted by Gasteiger charge is -2.44. The molecule has 0 N–H and O–H groups in total. The number of benzene rings is 1. The largest absolute Gasteiger partial charge is 0.319 e. The van der Waals surface area contributed by atoms with Crippen molar-refractivity contribution in [1.29, 1.82) is 0 Å². The van der Waals surface area contributed by atoms with E-state index in [1.807, 2.05) is 13.1 Å². The summed E-state index contributed by atoms with van der Waals surface area (Å²) >= 11 is 0. The first-order chi connectivity index (χ1) is 8.52. The van der Waals surface area contributed by atoms with Crippen LogP contribution < -0.4 is 0 Å². The molecule has 94 valence electrons. The third kappa shape index (κ3) is 1.43. The van der Waals surface area contributed by atoms with Gasteiger partial charge in [-0.25, -0.2) is 4.39 Å². The first-order valence-corrected chi connectivity index (χ1v) is 6.28. The van der Waals surface area contributed by atoms with Crippen LogP contribution in [0.2, 0.25) is 0 Å². The molecule has 1 aliphatic carbocycles. The van der Waals surface area contributed by atoms with Crippen LogP contribution in [-0.2, 0) is 16.6 Å². The number of fused-ring (bicyclic) bond motifs is 3. The average Bonchev–Trinajstić information content (AvgIpc) is 2.34. The second kappa shape index (κ2) is 3.67. The number of carbonyl (C=O) groups excluding carboxylic acids is 1. The number of nitrogens with zero attached hydrogens (tertiary/aromatic N) is 1. The maximum Gasteiger partial charge on any atom is 0.226 e. The molecule has 3 heteroatoms. The van der Waals surface area contributed by atoms with Crippen molar-refractivity contribution >= 4 is 5.91 Å². The molecule has 18 heavy (non-hydrogen) atoms. The van der Waals surface area contributed by atoms with Gasteiger partial charge >= 0.3 is 0 Å². The summed E-state index contributed by atoms with van der Waals surface area (Å²) in [6, 6.07) is 5.01. The van der Waals surface area contributed by atoms with Gasteiger partial charge in [-0.05, 0) is 43.0 Å². The molecule has 1 amide bonds. The van der Waals surface area contributed by atoms with Gasteiger partial charge in [-0.1, -0.05) is 12.1 Å². The topological polar surface area (TPSA) is 20.3 Å². The molecule has 1 saturated heterocycles. The van der Waals surface area contributed by atoms with Crippen LogP contribution in [-0.4, -0.2) is 17.9 Å². The molecule has 1 aromatic carbocycles. The monoisotopic (exact) mass is 245 g/mol. The summed E-state index contributed by atoms with van der Waals surface area (Å²) in [4.78, 5) is 13.5. The second-order valence-electron chi connectivity index (χ2n) is 5.38. The van der Waals surface area contributed by atoms with Gasteiger partial charge in [0.05, 0.1) is 0 Å². The molecule has 1 atom stereocenters. The van der Waals surface area contributed by atoms with Crippen LogP contribution in [0.1, 0.15) is 30.9 Å². The number of likely N-dealkylation sites (N-methyl/N-ethyl adjacent to an activating group) is 1. The highest BCUT2D eigenvalue weighted by atomic mass is 19.1. The highest BCUT2D eigenvalue weighted by Gasteiger charge is 2.42. The van der Waals surface area contributed by atoms with Crippen molar-refractivity contribution < 1.29 is 9.18 Å². The zero-order valence-electron chi connectivity index (χ0n) is 10.7. The zero-order valence-corrected chi connectivity index (χ0v) is 10.7. The fourth-order valence-corrected chi connectivity index (χ4v) is 3.27. The van der Waals surface area contributed by atoms with E-state index >= 15 is 0 Å². The third-order valence-corrected chi connectivity index (χ3v) is 4.32. The molecule has 0 aromatic heterocycles. The Balaban J connectivity index is 2.14. The molecule has 2 aliphatic rings. The molecule has 0 radical (unpaired) electrons. The summed E-state index contributed by atoms with van der Waals surface area (Å²) in [5.41, 5.74) is 3.13. The van der Waals surface area contributed by atoms with Crippen LogP contribution in [0.3, 0.4) is 0 Å². The van der Waals surface area contributed by atoms with E-state index in [2.05, 4.69) is 13.0 Å². The van der Waals surface area contributed by atoms with E-state index in [1.54, 1.807) is 11.0 Å². The molecule has 1 aromatic rings. The van der Waals surface area contributed by atoms with Gasteiger partial charge in [-0.3, -0.25) is 4.79 Å². The van der Waals surface area contributed by atoms with Gasteiger partial charge in [0.2, 0.25) is 5.91 Å². The Morgan fingerprint density at radius 3 is 2.94 bits per heavy atom. The van der Waals surface area contributed by atoms with E-state index in [9.17, 15) is 9.18 Å². The predicted molar refractivity (Wildman–Crippen MR) is 67.5 cm³/mol. The normalized spacial score (nSPS) is 26.5. The summed E-state index contributed by atoms with van der Waals surface area (Å²) in [5.74, 6) is -0.0151. The third-order valence-electron chi connectivity index (χ3n) is 4.32. The molecule has 1 unspecified atom stereocenters. The lowest BCUT2D eigenvalue weighted by Crippen LogP contribution is -2.45. The predicted octanol–water partition coefficient (Wildman–Crippen LogP) is 2.78. The van der Waals surface area contributed by atoms with Gasteiger partial charge < -0.3 is 4.90 Å². The van der Waals surface area contributed by atoms with Gasteiger partial charge in [0, 0.05) is 24.6 Å². The van der Waals surface area contributed by atoms with Crippen LogP contribution in [0.25, 0.3) is 0 Å². The van der Waals surface area contributed by atoms with Crippen LogP contribution in [0.5, 0.6) is 0 Å². The molecule has 0 spiro atoms. The van der Waals surface area contributed by atoms with Gasteiger partial charge in [-0.15, -0.1) is 0 Å². The fraction of sp³-hybridized carbons (Fsp3) is 0.400. The Labute approximate surface area is 106 Å². The molecular formula is C15H16FNO. The minimum absolute atomic E-state index is 0.149. The van der Waals surface area contributed by atoms with Crippen LogP contribution in [0, 0.1) is 5.82 Å². The van der Waals surface area contributed by atoms with E-state index in [1.165, 1.54) is 11.6 Å². The maximum atomic E-state index is 13.3. The Morgan fingerprint density at radius 1 is 1.39 bits per heavy atom. The van der Waals surface area contributed by atoms with E-state index in [4.69, 9.17) is 0 Å². The first kappa shape index (κ1) is 11.5. The number of hydrogen-bond donors (Lipinski definition) is 0. The molecule has 1 fully saturated rings. The van der Waals surface area contributed by atoms with Gasteiger partial charge in [0.25, 0.3) is 0 Å². The number of hydrogen-bond acceptors (Lipinski definition) is 1. The number of amides is 1. The maximum absolute atomic E-state index is 13.3. The molecule has 1 heterocycles. The van der Waals surface area contributed by atoms with Gasteiger partial charge in [-0.2, -0.15) is 0 Å². The summed E-state index contributed by atoms with van der Waals surface area (Å²) < 4.78 is 13.3. The number of halogens is 1. The van der Waals surface area contributed by atoms with Gasteiger partial charge in [0.15, 0.2) is 0 Å². The molecule has 0 bridgehead atoms. The van der Waals surface area contributed by atoms with Crippen molar-refractivity contribution in [2.45, 2.75) is 31.6 Å². The lowest BCUT2D eigenvalue weighted by molar-refractivity contribution is -0.130. The Bertz CT molecular complexity index is 564. The van der Waals surface area contributed by atoms with Crippen molar-refractivity contribution in [2.75, 3.05) is 7.05 Å². The molecular weight excluding hydrogens is 229 g/mol. The zero-order chi connectivity index (χ0) is 12.9. The van der Waals surface area contributed by atoms with E-state index in [0.717, 1.165) is 17.7 Å². The van der Waals surface area contributed by atoms with E-state index < -0.39 is 0 Å². The molecule has 0 saturated carbocycles. The Morgan fingerprint density at radius 2 is 2.17 bits per heavy atom. The number of carbonyl (C=O) groups is 1. The lowest BCUT2D eigenvalue weighted by atomic mass is 9.68. The Kier molecular flexibility index (Phi) is 2.34. The van der Waals surface area contributed by atoms with Crippen molar-refractivity contribution in [2.24, 2.45) is 0 Å². The van der Waals surface area contributed by atoms with Crippen LogP contribution in [0.4, 0.5) is 4.39 Å². The molecule has 1 aliphatic heterocycles. The van der Waals surface area contributed by atoms with Crippen molar-refractivity contribution in [3.05, 3.63) is 46.9 Å². The smallest absolute Gasteiger partial charge is 0.226 e. The molecule has 2 nitrogen and oxygen atoms in total. The first-order valence-electron chi connectivity index (χ1n) is 6.28. The minimum Gasteiger partial charge on any atom is -0.319 e. The van der Waals surface area contributed by atoms with Crippen LogP contribution in [0.15, 0.2) is 30.0 Å².